The number of rotatable bonds is 5. The van der Waals surface area contributed by atoms with Crippen molar-refractivity contribution >= 4 is 27.9 Å². The molecular weight excluding hydrogens is 448 g/mol. The first kappa shape index (κ1) is 20.7. The minimum absolute atomic E-state index is 0.00833. The fraction of sp³-hybridized carbons (Fsp3) is 0.333. The highest BCUT2D eigenvalue weighted by Crippen LogP contribution is 2.60. The quantitative estimate of drug-likeness (QED) is 0.591. The molecule has 0 amide bonds. The highest BCUT2D eigenvalue weighted by Gasteiger charge is 2.64. The van der Waals surface area contributed by atoms with Crippen molar-refractivity contribution in [3.05, 3.63) is 82.0 Å². The van der Waals surface area contributed by atoms with Crippen molar-refractivity contribution in [2.45, 2.75) is 30.8 Å². The predicted molar refractivity (Wildman–Crippen MR) is 115 cm³/mol. The van der Waals surface area contributed by atoms with Crippen LogP contribution in [0.3, 0.4) is 0 Å². The van der Waals surface area contributed by atoms with Gasteiger partial charge in [-0.1, -0.05) is 58.4 Å². The minimum Gasteiger partial charge on any atom is -0.468 e. The van der Waals surface area contributed by atoms with Gasteiger partial charge in [-0.2, -0.15) is 0 Å². The number of carbonyl (C=O) groups excluding carboxylic acids is 2. The van der Waals surface area contributed by atoms with Gasteiger partial charge in [0.2, 0.25) is 11.4 Å². The second kappa shape index (κ2) is 8.26. The topological polar surface area (TPSA) is 61.8 Å². The summed E-state index contributed by atoms with van der Waals surface area (Å²) in [5.74, 6) is -1.35. The Morgan fingerprint density at radius 1 is 1.13 bits per heavy atom. The number of ether oxygens (including phenoxy) is 3. The molecule has 1 aliphatic heterocycles. The van der Waals surface area contributed by atoms with Crippen LogP contribution in [0.15, 0.2) is 70.9 Å². The first-order chi connectivity index (χ1) is 14.5. The lowest BCUT2D eigenvalue weighted by Gasteiger charge is -2.27. The molecule has 4 rings (SSSR count). The SMILES string of the molecule is CCOC(=O)C1=CC2[C@H](c3ccccc3)[C@@H](c3cccc(Br)c3)C[C@@]2(C(=O)OC)O1. The molecule has 5 nitrogen and oxygen atoms in total. The van der Waals surface area contributed by atoms with Crippen LogP contribution in [-0.4, -0.2) is 31.3 Å². The van der Waals surface area contributed by atoms with E-state index in [1.165, 1.54) is 7.11 Å². The van der Waals surface area contributed by atoms with E-state index in [4.69, 9.17) is 14.2 Å². The van der Waals surface area contributed by atoms with Crippen LogP contribution in [0.1, 0.15) is 36.3 Å². The number of halogens is 1. The van der Waals surface area contributed by atoms with Crippen LogP contribution >= 0.6 is 15.9 Å². The lowest BCUT2D eigenvalue weighted by atomic mass is 9.78. The van der Waals surface area contributed by atoms with E-state index in [0.29, 0.717) is 6.42 Å². The van der Waals surface area contributed by atoms with Crippen LogP contribution in [-0.2, 0) is 23.8 Å². The Kier molecular flexibility index (Phi) is 5.69. The van der Waals surface area contributed by atoms with Crippen LogP contribution in [0.4, 0.5) is 0 Å². The molecule has 1 saturated carbocycles. The first-order valence-corrected chi connectivity index (χ1v) is 10.8. The maximum Gasteiger partial charge on any atom is 0.373 e. The Balaban J connectivity index is 1.85. The molecule has 156 valence electrons. The van der Waals surface area contributed by atoms with E-state index in [-0.39, 0.29) is 30.1 Å². The smallest absolute Gasteiger partial charge is 0.373 e. The van der Waals surface area contributed by atoms with Gasteiger partial charge >= 0.3 is 11.9 Å². The van der Waals surface area contributed by atoms with Crippen molar-refractivity contribution in [3.8, 4) is 0 Å². The Labute approximate surface area is 184 Å². The van der Waals surface area contributed by atoms with E-state index in [1.54, 1.807) is 13.0 Å². The van der Waals surface area contributed by atoms with E-state index in [1.807, 2.05) is 30.3 Å². The Hall–Kier alpha value is -2.60. The van der Waals surface area contributed by atoms with Gasteiger partial charge in [0.15, 0.2) is 0 Å². The average molecular weight is 471 g/mol. The summed E-state index contributed by atoms with van der Waals surface area (Å²) in [5.41, 5.74) is 0.929. The summed E-state index contributed by atoms with van der Waals surface area (Å²) in [7, 11) is 1.35. The van der Waals surface area contributed by atoms with Crippen LogP contribution < -0.4 is 0 Å². The fourth-order valence-corrected chi connectivity index (χ4v) is 5.21. The van der Waals surface area contributed by atoms with E-state index < -0.39 is 17.5 Å². The molecule has 0 spiro atoms. The highest BCUT2D eigenvalue weighted by molar-refractivity contribution is 9.10. The lowest BCUT2D eigenvalue weighted by Crippen LogP contribution is -2.43. The summed E-state index contributed by atoms with van der Waals surface area (Å²) < 4.78 is 17.3. The molecule has 30 heavy (non-hydrogen) atoms. The molecule has 6 heteroatoms. The average Bonchev–Trinajstić information content (AvgIpc) is 3.28. The van der Waals surface area contributed by atoms with Crippen molar-refractivity contribution in [1.29, 1.82) is 0 Å². The van der Waals surface area contributed by atoms with E-state index in [9.17, 15) is 9.59 Å². The lowest BCUT2D eigenvalue weighted by molar-refractivity contribution is -0.167. The van der Waals surface area contributed by atoms with Gasteiger partial charge < -0.3 is 14.2 Å². The third-order valence-electron chi connectivity index (χ3n) is 5.97. The summed E-state index contributed by atoms with van der Waals surface area (Å²) in [4.78, 5) is 25.4. The number of hydrogen-bond acceptors (Lipinski definition) is 5. The van der Waals surface area contributed by atoms with Gasteiger partial charge in [0.05, 0.1) is 13.7 Å². The van der Waals surface area contributed by atoms with E-state index in [0.717, 1.165) is 15.6 Å². The Morgan fingerprint density at radius 2 is 1.87 bits per heavy atom. The molecule has 1 aliphatic carbocycles. The molecule has 0 N–H and O–H groups in total. The van der Waals surface area contributed by atoms with Crippen LogP contribution in [0.25, 0.3) is 0 Å². The highest BCUT2D eigenvalue weighted by atomic mass is 79.9. The summed E-state index contributed by atoms with van der Waals surface area (Å²) in [5, 5.41) is 0. The molecule has 0 aromatic heterocycles. The zero-order chi connectivity index (χ0) is 21.3. The van der Waals surface area contributed by atoms with Crippen LogP contribution in [0.5, 0.6) is 0 Å². The number of hydrogen-bond donors (Lipinski definition) is 0. The molecule has 2 aromatic rings. The van der Waals surface area contributed by atoms with Gasteiger partial charge in [-0.05, 0) is 42.2 Å². The molecule has 2 aromatic carbocycles. The zero-order valence-electron chi connectivity index (χ0n) is 16.8. The number of benzene rings is 2. The monoisotopic (exact) mass is 470 g/mol. The molecule has 4 atom stereocenters. The maximum absolute atomic E-state index is 13.0. The molecular formula is C24H23BrO5. The van der Waals surface area contributed by atoms with Gasteiger partial charge in [0.25, 0.3) is 0 Å². The summed E-state index contributed by atoms with van der Waals surface area (Å²) >= 11 is 3.55. The van der Waals surface area contributed by atoms with Crippen molar-refractivity contribution in [3.63, 3.8) is 0 Å². The first-order valence-electron chi connectivity index (χ1n) is 9.97. The third kappa shape index (κ3) is 3.43. The van der Waals surface area contributed by atoms with Gasteiger partial charge in [-0.15, -0.1) is 0 Å². The standard InChI is InChI=1S/C24H23BrO5/c1-3-29-22(26)20-13-19-21(15-8-5-4-6-9-15)18(16-10-7-11-17(25)12-16)14-24(19,30-20)23(27)28-2/h4-13,18-19,21H,3,14H2,1-2H3/t18-,19?,21-,24-/m1/s1. The van der Waals surface area contributed by atoms with Gasteiger partial charge in [0, 0.05) is 22.7 Å². The Bertz CT molecular complexity index is 986. The van der Waals surface area contributed by atoms with Crippen LogP contribution in [0.2, 0.25) is 0 Å². The van der Waals surface area contributed by atoms with Crippen molar-refractivity contribution in [1.82, 2.24) is 0 Å². The molecule has 2 aliphatic rings. The molecule has 1 unspecified atom stereocenters. The molecule has 0 radical (unpaired) electrons. The molecule has 0 bridgehead atoms. The maximum atomic E-state index is 13.0. The van der Waals surface area contributed by atoms with Crippen molar-refractivity contribution < 1.29 is 23.8 Å². The summed E-state index contributed by atoms with van der Waals surface area (Å²) in [6.07, 6.45) is 2.16. The molecule has 1 heterocycles. The minimum atomic E-state index is -1.26. The molecule has 0 saturated heterocycles. The fourth-order valence-electron chi connectivity index (χ4n) is 4.79. The normalized spacial score (nSPS) is 27.0. The van der Waals surface area contributed by atoms with Gasteiger partial charge in [0.1, 0.15) is 0 Å². The number of esters is 2. The summed E-state index contributed by atoms with van der Waals surface area (Å²) in [6.45, 7) is 1.97. The Morgan fingerprint density at radius 3 is 2.53 bits per heavy atom. The summed E-state index contributed by atoms with van der Waals surface area (Å²) in [6, 6.07) is 18.1. The van der Waals surface area contributed by atoms with E-state index >= 15 is 0 Å². The second-order valence-electron chi connectivity index (χ2n) is 7.56. The second-order valence-corrected chi connectivity index (χ2v) is 8.48. The van der Waals surface area contributed by atoms with E-state index in [2.05, 4.69) is 40.2 Å². The zero-order valence-corrected chi connectivity index (χ0v) is 18.4. The van der Waals surface area contributed by atoms with Crippen LogP contribution in [0, 0.1) is 5.92 Å². The van der Waals surface area contributed by atoms with Crippen molar-refractivity contribution in [2.75, 3.05) is 13.7 Å². The third-order valence-corrected chi connectivity index (χ3v) is 6.47. The molecule has 1 fully saturated rings. The largest absolute Gasteiger partial charge is 0.468 e. The predicted octanol–water partition coefficient (Wildman–Crippen LogP) is 4.73. The van der Waals surface area contributed by atoms with Crippen molar-refractivity contribution in [2.24, 2.45) is 5.92 Å². The number of methoxy groups -OCH3 is 1. The number of carbonyl (C=O) groups is 2. The van der Waals surface area contributed by atoms with Gasteiger partial charge in [-0.25, -0.2) is 9.59 Å². The van der Waals surface area contributed by atoms with Gasteiger partial charge in [-0.3, -0.25) is 0 Å². The number of fused-ring (bicyclic) bond motifs is 1.